The number of dihydropyridines is 2. The van der Waals surface area contributed by atoms with E-state index in [4.69, 9.17) is 20.9 Å². The van der Waals surface area contributed by atoms with Crippen molar-refractivity contribution >= 4 is 23.5 Å². The summed E-state index contributed by atoms with van der Waals surface area (Å²) in [5, 5.41) is 20.1. The third kappa shape index (κ3) is 8.84. The maximum atomic E-state index is 15.6. The molecule has 0 saturated carbocycles. The van der Waals surface area contributed by atoms with E-state index >= 15 is 14.4 Å². The molecule has 1 spiro atoms. The minimum atomic E-state index is -2.14. The molecule has 1 fully saturated rings. The first-order chi connectivity index (χ1) is 32.8. The molecule has 1 aromatic carbocycles. The van der Waals surface area contributed by atoms with Gasteiger partial charge in [-0.2, -0.15) is 0 Å². The number of ketones is 2. The average molecular weight is 926 g/mol. The van der Waals surface area contributed by atoms with Crippen molar-refractivity contribution in [3.05, 3.63) is 130 Å². The summed E-state index contributed by atoms with van der Waals surface area (Å²) in [6.45, 7) is 8.38. The quantitative estimate of drug-likeness (QED) is 0.0253. The molecule has 4 aliphatic carbocycles. The first kappa shape index (κ1) is 47.5. The number of nitrogens with two attached hydrogens (primary N) is 2. The molecular formula is C54H71N9O5. The first-order valence-corrected chi connectivity index (χ1v) is 24.8. The zero-order valence-electron chi connectivity index (χ0n) is 40.3. The van der Waals surface area contributed by atoms with Crippen molar-refractivity contribution in [3.8, 4) is 0 Å². The standard InChI is InChI=1S/C54H71N9O5/c1-6-59-43-25-36-10-7-13-38-34-12-9-21-52(3,27-33-15-18-44(55)61-29-33)28-37-11-8-14-40-47(37)49(65)54(50(66)67-30-41(43)39(17-16-34)46(36)38)53(68-54,48(40)64)22-19-32(2)24-42(63-51(56)58-5)35-20-23-60-45(26-35)62-31-57-4/h7-8,10-11,14-20,25-26,29,34,38-39,41-44,46,57,59-62H,6,9,12-13,21-24,27-28,30-31,55H2,1-5H3,(H3,56,58,63). The van der Waals surface area contributed by atoms with Crippen LogP contribution in [0.15, 0.2) is 118 Å². The highest BCUT2D eigenvalue weighted by Crippen LogP contribution is 2.60. The number of hydrogen-bond acceptors (Lipinski definition) is 12. The van der Waals surface area contributed by atoms with Gasteiger partial charge in [0.05, 0.1) is 25.5 Å². The lowest BCUT2D eigenvalue weighted by Crippen LogP contribution is -2.53. The highest BCUT2D eigenvalue weighted by Gasteiger charge is 2.85. The first-order valence-electron chi connectivity index (χ1n) is 24.8. The lowest BCUT2D eigenvalue weighted by atomic mass is 9.57. The number of guanidine groups is 1. The Labute approximate surface area is 401 Å². The van der Waals surface area contributed by atoms with Gasteiger partial charge < -0.3 is 52.8 Å². The Bertz CT molecular complexity index is 2460. The molecule has 1 saturated heterocycles. The van der Waals surface area contributed by atoms with Gasteiger partial charge in [0.1, 0.15) is 5.82 Å². The summed E-state index contributed by atoms with van der Waals surface area (Å²) in [4.78, 5) is 50.3. The summed E-state index contributed by atoms with van der Waals surface area (Å²) in [5.74, 6) is 0.661. The minimum absolute atomic E-state index is 0.00336. The molecule has 0 amide bonds. The number of allylic oxidation sites excluding steroid dienone is 7. The molecule has 0 radical (unpaired) electrons. The molecule has 0 aromatic heterocycles. The normalized spacial score (nSPS) is 34.5. The second-order valence-electron chi connectivity index (χ2n) is 20.5. The molecule has 68 heavy (non-hydrogen) atoms. The smallest absolute Gasteiger partial charge is 0.350 e. The number of carbonyl (C=O) groups is 3. The topological polar surface area (TPSA) is 210 Å². The molecule has 9 aliphatic rings. The van der Waals surface area contributed by atoms with Crippen LogP contribution in [-0.4, -0.2) is 93.4 Å². The van der Waals surface area contributed by atoms with E-state index in [-0.39, 0.29) is 65.8 Å². The van der Waals surface area contributed by atoms with Crippen LogP contribution < -0.4 is 43.4 Å². The van der Waals surface area contributed by atoms with Crippen LogP contribution in [0.4, 0.5) is 0 Å². The predicted molar refractivity (Wildman–Crippen MR) is 266 cm³/mol. The van der Waals surface area contributed by atoms with E-state index in [2.05, 4.69) is 93.3 Å². The van der Waals surface area contributed by atoms with Gasteiger partial charge in [0.15, 0.2) is 17.3 Å². The number of nitrogens with zero attached hydrogens (tertiary/aromatic N) is 1. The molecule has 11 atom stereocenters. The van der Waals surface area contributed by atoms with E-state index in [1.165, 1.54) is 5.57 Å². The molecule has 10 rings (SSSR count). The second kappa shape index (κ2) is 19.5. The van der Waals surface area contributed by atoms with Gasteiger partial charge in [0.2, 0.25) is 5.78 Å². The number of fused-ring (bicyclic) bond motifs is 6. The Morgan fingerprint density at radius 3 is 2.75 bits per heavy atom. The fourth-order valence-corrected chi connectivity index (χ4v) is 12.5. The van der Waals surface area contributed by atoms with Crippen LogP contribution in [-0.2, 0) is 20.7 Å². The van der Waals surface area contributed by atoms with Gasteiger partial charge in [-0.25, -0.2) is 4.79 Å². The van der Waals surface area contributed by atoms with Gasteiger partial charge in [0, 0.05) is 49.3 Å². The van der Waals surface area contributed by atoms with Gasteiger partial charge in [-0.3, -0.25) is 14.6 Å². The van der Waals surface area contributed by atoms with Crippen molar-refractivity contribution in [1.29, 1.82) is 0 Å². The van der Waals surface area contributed by atoms with Crippen LogP contribution in [0.5, 0.6) is 0 Å². The predicted octanol–water partition coefficient (Wildman–Crippen LogP) is 4.86. The van der Waals surface area contributed by atoms with Gasteiger partial charge >= 0.3 is 5.97 Å². The van der Waals surface area contributed by atoms with Crippen LogP contribution in [0.2, 0.25) is 0 Å². The van der Waals surface area contributed by atoms with Crippen molar-refractivity contribution < 1.29 is 23.9 Å². The lowest BCUT2D eigenvalue weighted by Gasteiger charge is -2.49. The molecule has 5 heterocycles. The Kier molecular flexibility index (Phi) is 13.6. The zero-order chi connectivity index (χ0) is 47.8. The van der Waals surface area contributed by atoms with Gasteiger partial charge in [-0.15, -0.1) is 0 Å². The Morgan fingerprint density at radius 1 is 1.12 bits per heavy atom. The fraction of sp³-hybridized carbons (Fsp3) is 0.519. The van der Waals surface area contributed by atoms with Crippen molar-refractivity contribution in [1.82, 2.24) is 31.9 Å². The van der Waals surface area contributed by atoms with Crippen LogP contribution in [0.3, 0.4) is 0 Å². The van der Waals surface area contributed by atoms with Crippen LogP contribution >= 0.6 is 0 Å². The fourth-order valence-electron chi connectivity index (χ4n) is 12.5. The van der Waals surface area contributed by atoms with Gasteiger partial charge in [-0.1, -0.05) is 92.6 Å². The van der Waals surface area contributed by atoms with Crippen molar-refractivity contribution in [2.24, 2.45) is 51.5 Å². The zero-order valence-corrected chi connectivity index (χ0v) is 40.3. The van der Waals surface area contributed by atoms with E-state index in [9.17, 15) is 0 Å². The summed E-state index contributed by atoms with van der Waals surface area (Å²) in [6.07, 6.45) is 29.4. The van der Waals surface area contributed by atoms with Gasteiger partial charge in [-0.05, 0) is 123 Å². The summed E-state index contributed by atoms with van der Waals surface area (Å²) in [7, 11) is 3.51. The maximum absolute atomic E-state index is 15.6. The van der Waals surface area contributed by atoms with Crippen LogP contribution in [0, 0.1) is 35.0 Å². The van der Waals surface area contributed by atoms with Gasteiger partial charge in [0.25, 0.3) is 5.60 Å². The SMILES string of the molecule is CCNC1C=C2C=CCC3C4C=CC(C1COC(=O)C15OC1(CC=C(C)CC(NC(N)=NC)C1=CCNC(NCNC)=C1)C(=O)c1cccc(c1C5=O)CC(C)(CC1=CNC(N)C=C1)CCC4)C23. The largest absolute Gasteiger partial charge is 0.463 e. The number of benzene rings is 1. The molecule has 6 bridgehead atoms. The van der Waals surface area contributed by atoms with Crippen LogP contribution in [0.1, 0.15) is 92.0 Å². The molecule has 362 valence electrons. The number of rotatable bonds is 13. The van der Waals surface area contributed by atoms with E-state index < -0.39 is 23.0 Å². The molecule has 11 unspecified atom stereocenters. The summed E-state index contributed by atoms with van der Waals surface area (Å²) in [5.41, 5.74) is 13.9. The Hall–Kier alpha value is -5.54. The second-order valence-corrected chi connectivity index (χ2v) is 20.5. The van der Waals surface area contributed by atoms with Crippen molar-refractivity contribution in [3.63, 3.8) is 0 Å². The highest BCUT2D eigenvalue weighted by atomic mass is 16.7. The summed E-state index contributed by atoms with van der Waals surface area (Å²) in [6, 6.07) is 5.22. The van der Waals surface area contributed by atoms with Crippen molar-refractivity contribution in [2.75, 3.05) is 40.5 Å². The number of nitrogens with one attached hydrogen (secondary N) is 6. The monoisotopic (exact) mass is 926 g/mol. The molecule has 10 N–H and O–H groups in total. The highest BCUT2D eigenvalue weighted by molar-refractivity contribution is 6.33. The van der Waals surface area contributed by atoms with E-state index in [0.29, 0.717) is 49.4 Å². The third-order valence-corrected chi connectivity index (χ3v) is 15.9. The van der Waals surface area contributed by atoms with E-state index in [0.717, 1.165) is 66.8 Å². The number of Topliss-reactive ketones (excluding diaryl/α,β-unsaturated/α-hetero) is 2. The molecule has 5 aliphatic heterocycles. The van der Waals surface area contributed by atoms with E-state index in [1.54, 1.807) is 13.1 Å². The number of esters is 1. The maximum Gasteiger partial charge on any atom is 0.350 e. The Morgan fingerprint density at radius 2 is 1.97 bits per heavy atom. The average Bonchev–Trinajstić information content (AvgIpc) is 4.05. The number of carbonyl (C=O) groups excluding carboxylic acids is 3. The number of hydrogen-bond donors (Lipinski definition) is 8. The minimum Gasteiger partial charge on any atom is -0.463 e. The Balaban J connectivity index is 1.10. The van der Waals surface area contributed by atoms with Crippen molar-refractivity contribution in [2.45, 2.75) is 102 Å². The number of epoxide rings is 1. The molecule has 14 heteroatoms. The molecule has 1 aromatic rings. The lowest BCUT2D eigenvalue weighted by molar-refractivity contribution is -0.150. The number of likely N-dealkylation sites (N-methyl/N-ethyl adjacent to an activating group) is 1. The summed E-state index contributed by atoms with van der Waals surface area (Å²) < 4.78 is 13.0. The number of ether oxygens (including phenoxy) is 2. The third-order valence-electron chi connectivity index (χ3n) is 15.9. The number of aliphatic imine (C=N–C) groups is 1. The van der Waals surface area contributed by atoms with E-state index in [1.807, 2.05) is 50.5 Å². The van der Waals surface area contributed by atoms with Crippen LogP contribution in [0.25, 0.3) is 0 Å². The molecular weight excluding hydrogens is 855 g/mol. The molecule has 14 nitrogen and oxygen atoms in total. The summed E-state index contributed by atoms with van der Waals surface area (Å²) >= 11 is 0.